The van der Waals surface area contributed by atoms with Crippen LogP contribution in [0.25, 0.3) is 10.8 Å². The van der Waals surface area contributed by atoms with Crippen molar-refractivity contribution in [2.24, 2.45) is 0 Å². The van der Waals surface area contributed by atoms with E-state index in [1.165, 1.54) is 31.4 Å². The van der Waals surface area contributed by atoms with Crippen molar-refractivity contribution in [3.05, 3.63) is 35.4 Å². The molecule has 19 heavy (non-hydrogen) atoms. The molecule has 0 unspecified atom stereocenters. The van der Waals surface area contributed by atoms with Crippen LogP contribution in [0.4, 0.5) is 0 Å². The lowest BCUT2D eigenvalue weighted by atomic mass is 10.0. The standard InChI is InChI=1S/C13H10O6/c1-19-13(18)9-3-7-4-10(14)8(12(16)17)2-6(7)5-11(9)15/h2-5,14-15H,1H3,(H,16,17). The molecule has 2 rings (SSSR count). The van der Waals surface area contributed by atoms with Crippen LogP contribution in [0.5, 0.6) is 11.5 Å². The summed E-state index contributed by atoms with van der Waals surface area (Å²) in [6.07, 6.45) is 0. The maximum absolute atomic E-state index is 11.4. The number of ether oxygens (including phenoxy) is 1. The van der Waals surface area contributed by atoms with Crippen molar-refractivity contribution in [1.29, 1.82) is 0 Å². The van der Waals surface area contributed by atoms with Crippen molar-refractivity contribution in [1.82, 2.24) is 0 Å². The van der Waals surface area contributed by atoms with Gasteiger partial charge in [-0.3, -0.25) is 0 Å². The fourth-order valence-electron chi connectivity index (χ4n) is 1.77. The summed E-state index contributed by atoms with van der Waals surface area (Å²) in [5, 5.41) is 29.0. The van der Waals surface area contributed by atoms with Crippen LogP contribution >= 0.6 is 0 Å². The van der Waals surface area contributed by atoms with Gasteiger partial charge in [0.15, 0.2) is 0 Å². The molecule has 0 bridgehead atoms. The molecular formula is C13H10O6. The van der Waals surface area contributed by atoms with E-state index in [9.17, 15) is 19.8 Å². The van der Waals surface area contributed by atoms with Crippen molar-refractivity contribution in [2.75, 3.05) is 7.11 Å². The Kier molecular flexibility index (Phi) is 3.00. The van der Waals surface area contributed by atoms with Crippen molar-refractivity contribution in [3.63, 3.8) is 0 Å². The molecule has 0 aliphatic rings. The van der Waals surface area contributed by atoms with Crippen molar-refractivity contribution >= 4 is 22.7 Å². The van der Waals surface area contributed by atoms with Gasteiger partial charge in [0.25, 0.3) is 0 Å². The van der Waals surface area contributed by atoms with Crippen LogP contribution in [0.15, 0.2) is 24.3 Å². The Morgan fingerprint density at radius 3 is 1.89 bits per heavy atom. The predicted octanol–water partition coefficient (Wildman–Crippen LogP) is 1.74. The number of rotatable bonds is 2. The Labute approximate surface area is 107 Å². The molecule has 0 saturated heterocycles. The maximum Gasteiger partial charge on any atom is 0.341 e. The Morgan fingerprint density at radius 1 is 0.947 bits per heavy atom. The summed E-state index contributed by atoms with van der Waals surface area (Å²) in [5.41, 5.74) is -0.338. The van der Waals surface area contributed by atoms with E-state index in [2.05, 4.69) is 4.74 Å². The molecule has 2 aromatic carbocycles. The number of carboxylic acids is 1. The Morgan fingerprint density at radius 2 is 1.42 bits per heavy atom. The lowest BCUT2D eigenvalue weighted by Gasteiger charge is -2.07. The van der Waals surface area contributed by atoms with Gasteiger partial charge in [0, 0.05) is 0 Å². The van der Waals surface area contributed by atoms with Gasteiger partial charge in [-0.25, -0.2) is 9.59 Å². The Bertz CT molecular complexity index is 689. The second-order valence-electron chi connectivity index (χ2n) is 3.88. The highest BCUT2D eigenvalue weighted by molar-refractivity contribution is 6.02. The van der Waals surface area contributed by atoms with E-state index in [1.807, 2.05) is 0 Å². The fourth-order valence-corrected chi connectivity index (χ4v) is 1.77. The third-order valence-electron chi connectivity index (χ3n) is 2.71. The van der Waals surface area contributed by atoms with E-state index in [0.717, 1.165) is 0 Å². The average Bonchev–Trinajstić information content (AvgIpc) is 2.36. The first-order valence-electron chi connectivity index (χ1n) is 5.25. The first-order chi connectivity index (χ1) is 8.93. The van der Waals surface area contributed by atoms with Gasteiger partial charge < -0.3 is 20.1 Å². The van der Waals surface area contributed by atoms with Crippen LogP contribution in [0.2, 0.25) is 0 Å². The quantitative estimate of drug-likeness (QED) is 0.712. The van der Waals surface area contributed by atoms with Crippen LogP contribution < -0.4 is 0 Å². The molecule has 0 radical (unpaired) electrons. The Hall–Kier alpha value is -2.76. The van der Waals surface area contributed by atoms with Crippen LogP contribution in [-0.4, -0.2) is 34.4 Å². The lowest BCUT2D eigenvalue weighted by molar-refractivity contribution is 0.0596. The van der Waals surface area contributed by atoms with E-state index in [1.54, 1.807) is 0 Å². The molecule has 0 heterocycles. The van der Waals surface area contributed by atoms with Gasteiger partial charge in [0.1, 0.15) is 22.6 Å². The minimum atomic E-state index is -1.28. The summed E-state index contributed by atoms with van der Waals surface area (Å²) in [4.78, 5) is 22.3. The molecule has 6 heteroatoms. The molecule has 0 amide bonds. The first kappa shape index (κ1) is 12.7. The molecule has 0 aliphatic heterocycles. The number of benzene rings is 2. The largest absolute Gasteiger partial charge is 0.507 e. The van der Waals surface area contributed by atoms with Gasteiger partial charge in [0.2, 0.25) is 0 Å². The zero-order chi connectivity index (χ0) is 14.2. The number of aromatic hydroxyl groups is 2. The molecule has 0 aromatic heterocycles. The van der Waals surface area contributed by atoms with Crippen molar-refractivity contribution in [3.8, 4) is 11.5 Å². The average molecular weight is 262 g/mol. The number of phenolic OH excluding ortho intramolecular Hbond substituents is 1. The molecule has 6 nitrogen and oxygen atoms in total. The zero-order valence-electron chi connectivity index (χ0n) is 9.88. The second kappa shape index (κ2) is 4.49. The summed E-state index contributed by atoms with van der Waals surface area (Å²) in [5.74, 6) is -2.74. The smallest absolute Gasteiger partial charge is 0.341 e. The van der Waals surface area contributed by atoms with Crippen LogP contribution in [0, 0.1) is 0 Å². The summed E-state index contributed by atoms with van der Waals surface area (Å²) in [7, 11) is 1.18. The van der Waals surface area contributed by atoms with Gasteiger partial charge in [-0.15, -0.1) is 0 Å². The number of aromatic carboxylic acids is 1. The molecule has 3 N–H and O–H groups in total. The highest BCUT2D eigenvalue weighted by Gasteiger charge is 2.16. The molecule has 0 fully saturated rings. The SMILES string of the molecule is COC(=O)c1cc2cc(O)c(C(=O)O)cc2cc1O. The number of carbonyl (C=O) groups is 2. The fraction of sp³-hybridized carbons (Fsp3) is 0.0769. The van der Waals surface area contributed by atoms with Crippen LogP contribution in [0.1, 0.15) is 20.7 Å². The summed E-state index contributed by atoms with van der Waals surface area (Å²) < 4.78 is 4.50. The molecule has 0 spiro atoms. The van der Waals surface area contributed by atoms with E-state index in [-0.39, 0.29) is 16.9 Å². The normalized spacial score (nSPS) is 10.4. The van der Waals surface area contributed by atoms with Crippen molar-refractivity contribution in [2.45, 2.75) is 0 Å². The summed E-state index contributed by atoms with van der Waals surface area (Å²) in [6, 6.07) is 4.99. The molecule has 2 aromatic rings. The zero-order valence-corrected chi connectivity index (χ0v) is 9.88. The summed E-state index contributed by atoms with van der Waals surface area (Å²) in [6.45, 7) is 0. The lowest BCUT2D eigenvalue weighted by Crippen LogP contribution is -2.02. The number of carbonyl (C=O) groups excluding carboxylic acids is 1. The van der Waals surface area contributed by atoms with E-state index >= 15 is 0 Å². The number of fused-ring (bicyclic) bond motifs is 1. The minimum absolute atomic E-state index is 0.0579. The number of phenols is 2. The highest BCUT2D eigenvalue weighted by atomic mass is 16.5. The van der Waals surface area contributed by atoms with Gasteiger partial charge in [0.05, 0.1) is 7.11 Å². The second-order valence-corrected chi connectivity index (χ2v) is 3.88. The monoisotopic (exact) mass is 262 g/mol. The molecule has 98 valence electrons. The molecule has 0 saturated carbocycles. The van der Waals surface area contributed by atoms with Crippen molar-refractivity contribution < 1.29 is 29.6 Å². The number of carboxylic acid groups (broad SMARTS) is 1. The summed E-state index contributed by atoms with van der Waals surface area (Å²) >= 11 is 0. The third kappa shape index (κ3) is 2.15. The number of esters is 1. The number of hydrogen-bond acceptors (Lipinski definition) is 5. The predicted molar refractivity (Wildman–Crippen MR) is 65.6 cm³/mol. The van der Waals surface area contributed by atoms with E-state index < -0.39 is 17.7 Å². The van der Waals surface area contributed by atoms with Crippen LogP contribution in [-0.2, 0) is 4.74 Å². The molecular weight excluding hydrogens is 252 g/mol. The highest BCUT2D eigenvalue weighted by Crippen LogP contribution is 2.30. The van der Waals surface area contributed by atoms with E-state index in [4.69, 9.17) is 5.11 Å². The first-order valence-corrected chi connectivity index (χ1v) is 5.25. The van der Waals surface area contributed by atoms with Gasteiger partial charge in [-0.1, -0.05) is 0 Å². The minimum Gasteiger partial charge on any atom is -0.507 e. The van der Waals surface area contributed by atoms with Crippen LogP contribution in [0.3, 0.4) is 0 Å². The number of hydrogen-bond donors (Lipinski definition) is 3. The maximum atomic E-state index is 11.4. The Balaban J connectivity index is 2.72. The molecule has 0 atom stereocenters. The van der Waals surface area contributed by atoms with Gasteiger partial charge in [-0.05, 0) is 35.0 Å². The number of methoxy groups -OCH3 is 1. The van der Waals surface area contributed by atoms with E-state index in [0.29, 0.717) is 10.8 Å². The van der Waals surface area contributed by atoms with Gasteiger partial charge in [-0.2, -0.15) is 0 Å². The van der Waals surface area contributed by atoms with Gasteiger partial charge >= 0.3 is 11.9 Å². The topological polar surface area (TPSA) is 104 Å². The third-order valence-corrected chi connectivity index (χ3v) is 2.71. The molecule has 0 aliphatic carbocycles.